The lowest BCUT2D eigenvalue weighted by Crippen LogP contribution is -2.28. The number of phenols is 1. The number of hydrogen-bond donors (Lipinski definition) is 2. The SMILES string of the molecule is CCN(CC)c1ccc(C=Nc2sc3c(c2C(=O)NCc2ccco2)CC[C@@H](C(C)(C)C)C3)c(O)c1. The minimum atomic E-state index is -0.133. The number of fused-ring (bicyclic) bond motifs is 1. The minimum absolute atomic E-state index is 0.133. The van der Waals surface area contributed by atoms with E-state index in [9.17, 15) is 9.90 Å². The molecule has 0 aliphatic heterocycles. The highest BCUT2D eigenvalue weighted by molar-refractivity contribution is 7.16. The van der Waals surface area contributed by atoms with Crippen LogP contribution in [0.15, 0.2) is 46.0 Å². The Morgan fingerprint density at radius 1 is 1.28 bits per heavy atom. The molecule has 0 unspecified atom stereocenters. The summed E-state index contributed by atoms with van der Waals surface area (Å²) in [6.45, 7) is 13.1. The third kappa shape index (κ3) is 5.67. The lowest BCUT2D eigenvalue weighted by Gasteiger charge is -2.33. The number of thiophene rings is 1. The summed E-state index contributed by atoms with van der Waals surface area (Å²) in [7, 11) is 0. The largest absolute Gasteiger partial charge is 0.507 e. The second kappa shape index (κ2) is 10.9. The molecule has 36 heavy (non-hydrogen) atoms. The molecule has 2 N–H and O–H groups in total. The molecule has 4 rings (SSSR count). The van der Waals surface area contributed by atoms with Crippen LogP contribution in [-0.4, -0.2) is 30.3 Å². The fraction of sp³-hybridized carbons (Fsp3) is 0.448. The topological polar surface area (TPSA) is 78.1 Å². The van der Waals surface area contributed by atoms with Crippen LogP contribution in [-0.2, 0) is 19.4 Å². The van der Waals surface area contributed by atoms with Gasteiger partial charge in [0.15, 0.2) is 0 Å². The molecule has 0 spiro atoms. The molecule has 192 valence electrons. The van der Waals surface area contributed by atoms with Crippen LogP contribution in [0, 0.1) is 11.3 Å². The molecule has 0 radical (unpaired) electrons. The summed E-state index contributed by atoms with van der Waals surface area (Å²) in [4.78, 5) is 21.5. The second-order valence-electron chi connectivity index (χ2n) is 10.4. The van der Waals surface area contributed by atoms with Crippen molar-refractivity contribution in [2.75, 3.05) is 18.0 Å². The van der Waals surface area contributed by atoms with E-state index in [-0.39, 0.29) is 17.1 Å². The van der Waals surface area contributed by atoms with Gasteiger partial charge in [0, 0.05) is 41.5 Å². The molecular weight excluding hydrogens is 470 g/mol. The zero-order valence-corrected chi connectivity index (χ0v) is 22.7. The number of hydrogen-bond acceptors (Lipinski definition) is 6. The smallest absolute Gasteiger partial charge is 0.255 e. The Kier molecular flexibility index (Phi) is 7.88. The fourth-order valence-electron chi connectivity index (χ4n) is 4.86. The van der Waals surface area contributed by atoms with E-state index in [1.807, 2.05) is 24.3 Å². The molecular formula is C29H37N3O3S. The number of rotatable bonds is 8. The summed E-state index contributed by atoms with van der Waals surface area (Å²) in [5.74, 6) is 1.33. The first-order chi connectivity index (χ1) is 17.2. The molecule has 7 heteroatoms. The Hall–Kier alpha value is -3.06. The van der Waals surface area contributed by atoms with Crippen molar-refractivity contribution in [1.29, 1.82) is 0 Å². The Balaban J connectivity index is 1.64. The van der Waals surface area contributed by atoms with Gasteiger partial charge >= 0.3 is 0 Å². The maximum absolute atomic E-state index is 13.4. The molecule has 1 atom stereocenters. The van der Waals surface area contributed by atoms with E-state index in [0.717, 1.165) is 43.6 Å². The summed E-state index contributed by atoms with van der Waals surface area (Å²) >= 11 is 1.60. The molecule has 1 aromatic carbocycles. The number of benzene rings is 1. The monoisotopic (exact) mass is 507 g/mol. The van der Waals surface area contributed by atoms with Gasteiger partial charge in [-0.25, -0.2) is 4.99 Å². The van der Waals surface area contributed by atoms with E-state index in [0.29, 0.717) is 34.4 Å². The molecule has 3 aromatic rings. The Morgan fingerprint density at radius 2 is 2.06 bits per heavy atom. The summed E-state index contributed by atoms with van der Waals surface area (Å²) in [5.41, 5.74) is 3.60. The summed E-state index contributed by atoms with van der Waals surface area (Å²) in [6, 6.07) is 9.32. The van der Waals surface area contributed by atoms with Gasteiger partial charge in [-0.2, -0.15) is 0 Å². The Morgan fingerprint density at radius 3 is 2.69 bits per heavy atom. The van der Waals surface area contributed by atoms with Crippen LogP contribution < -0.4 is 10.2 Å². The molecule has 0 saturated carbocycles. The standard InChI is InChI=1S/C29H37N3O3S/c1-6-32(7-2)21-12-10-19(24(33)16-21)17-31-28-26(27(34)30-18-22-9-8-14-35-22)23-13-11-20(29(3,4)5)15-25(23)36-28/h8-10,12,14,16-17,20,33H,6-7,11,13,15,18H2,1-5H3,(H,30,34)/t20-/m1/s1. The number of aliphatic imine (C=N–C) groups is 1. The summed E-state index contributed by atoms with van der Waals surface area (Å²) in [6.07, 6.45) is 6.16. The minimum Gasteiger partial charge on any atom is -0.507 e. The number of nitrogens with one attached hydrogen (secondary N) is 1. The van der Waals surface area contributed by atoms with E-state index < -0.39 is 0 Å². The first kappa shape index (κ1) is 26.0. The van der Waals surface area contributed by atoms with Crippen molar-refractivity contribution < 1.29 is 14.3 Å². The maximum Gasteiger partial charge on any atom is 0.255 e. The first-order valence-electron chi connectivity index (χ1n) is 12.8. The van der Waals surface area contributed by atoms with Crippen molar-refractivity contribution in [1.82, 2.24) is 5.32 Å². The van der Waals surface area contributed by atoms with Crippen molar-refractivity contribution >= 4 is 34.1 Å². The van der Waals surface area contributed by atoms with E-state index >= 15 is 0 Å². The third-order valence-electron chi connectivity index (χ3n) is 7.17. The summed E-state index contributed by atoms with van der Waals surface area (Å²) < 4.78 is 5.38. The zero-order chi connectivity index (χ0) is 25.9. The van der Waals surface area contributed by atoms with Gasteiger partial charge in [-0.1, -0.05) is 20.8 Å². The van der Waals surface area contributed by atoms with E-state index in [1.54, 1.807) is 29.9 Å². The van der Waals surface area contributed by atoms with Crippen LogP contribution in [0.1, 0.15) is 73.2 Å². The number of phenolic OH excluding ortho intramolecular Hbond substituents is 1. The van der Waals surface area contributed by atoms with Crippen LogP contribution >= 0.6 is 11.3 Å². The van der Waals surface area contributed by atoms with Gasteiger partial charge in [0.2, 0.25) is 0 Å². The number of nitrogens with zero attached hydrogens (tertiary/aromatic N) is 2. The highest BCUT2D eigenvalue weighted by Crippen LogP contribution is 2.45. The number of carbonyl (C=O) groups excluding carboxylic acids is 1. The van der Waals surface area contributed by atoms with Crippen molar-refractivity contribution in [3.8, 4) is 5.75 Å². The quantitative estimate of drug-likeness (QED) is 0.332. The third-order valence-corrected chi connectivity index (χ3v) is 8.33. The Bertz CT molecular complexity index is 1220. The lowest BCUT2D eigenvalue weighted by molar-refractivity contribution is 0.0947. The average Bonchev–Trinajstić information content (AvgIpc) is 3.49. The first-order valence-corrected chi connectivity index (χ1v) is 13.6. The Labute approximate surface area is 218 Å². The molecule has 1 aliphatic carbocycles. The lowest BCUT2D eigenvalue weighted by atomic mass is 9.72. The average molecular weight is 508 g/mol. The fourth-order valence-corrected chi connectivity index (χ4v) is 6.13. The molecule has 0 bridgehead atoms. The van der Waals surface area contributed by atoms with Crippen molar-refractivity contribution in [2.24, 2.45) is 16.3 Å². The predicted molar refractivity (Wildman–Crippen MR) is 148 cm³/mol. The van der Waals surface area contributed by atoms with Gasteiger partial charge in [-0.15, -0.1) is 11.3 Å². The molecule has 1 aliphatic rings. The molecule has 1 amide bonds. The van der Waals surface area contributed by atoms with Crippen molar-refractivity contribution in [2.45, 2.75) is 60.4 Å². The van der Waals surface area contributed by atoms with Crippen LogP contribution in [0.3, 0.4) is 0 Å². The zero-order valence-electron chi connectivity index (χ0n) is 21.9. The molecule has 2 heterocycles. The van der Waals surface area contributed by atoms with Crippen molar-refractivity contribution in [3.05, 3.63) is 63.9 Å². The van der Waals surface area contributed by atoms with Crippen LogP contribution in [0.2, 0.25) is 0 Å². The number of carbonyl (C=O) groups is 1. The highest BCUT2D eigenvalue weighted by Gasteiger charge is 2.33. The van der Waals surface area contributed by atoms with E-state index in [4.69, 9.17) is 9.41 Å². The molecule has 0 saturated heterocycles. The second-order valence-corrected chi connectivity index (χ2v) is 11.5. The number of furan rings is 1. The summed E-state index contributed by atoms with van der Waals surface area (Å²) in [5, 5.41) is 14.4. The number of amides is 1. The molecule has 0 fully saturated rings. The van der Waals surface area contributed by atoms with Crippen LogP contribution in [0.5, 0.6) is 5.75 Å². The van der Waals surface area contributed by atoms with Crippen molar-refractivity contribution in [3.63, 3.8) is 0 Å². The van der Waals surface area contributed by atoms with Gasteiger partial charge in [0.25, 0.3) is 5.91 Å². The number of anilines is 1. The highest BCUT2D eigenvalue weighted by atomic mass is 32.1. The van der Waals surface area contributed by atoms with Gasteiger partial charge in [-0.05, 0) is 74.3 Å². The van der Waals surface area contributed by atoms with Gasteiger partial charge in [0.1, 0.15) is 16.5 Å². The molecule has 2 aromatic heterocycles. The predicted octanol–water partition coefficient (Wildman–Crippen LogP) is 6.72. The van der Waals surface area contributed by atoms with Gasteiger partial charge < -0.3 is 19.7 Å². The maximum atomic E-state index is 13.4. The van der Waals surface area contributed by atoms with E-state index in [2.05, 4.69) is 44.8 Å². The van der Waals surface area contributed by atoms with Gasteiger partial charge in [0.05, 0.1) is 18.4 Å². The number of aromatic hydroxyl groups is 1. The van der Waals surface area contributed by atoms with Crippen LogP contribution in [0.25, 0.3) is 0 Å². The van der Waals surface area contributed by atoms with Crippen LogP contribution in [0.4, 0.5) is 10.7 Å². The van der Waals surface area contributed by atoms with Gasteiger partial charge in [-0.3, -0.25) is 4.79 Å². The molecule has 6 nitrogen and oxygen atoms in total. The van der Waals surface area contributed by atoms with E-state index in [1.165, 1.54) is 4.88 Å². The normalized spacial score (nSPS) is 15.8.